The number of carbonyl (C=O) groups excluding carboxylic acids is 1. The van der Waals surface area contributed by atoms with Crippen molar-refractivity contribution >= 4 is 11.8 Å². The lowest BCUT2D eigenvalue weighted by Crippen LogP contribution is -2.25. The second-order valence-corrected chi connectivity index (χ2v) is 4.70. The lowest BCUT2D eigenvalue weighted by molar-refractivity contribution is -0.380. The molecule has 2 aromatic rings. The van der Waals surface area contributed by atoms with Crippen LogP contribution < -0.4 is 15.5 Å². The Hall–Kier alpha value is -2.89. The van der Waals surface area contributed by atoms with Gasteiger partial charge in [-0.05, 0) is 37.1 Å². The topological polar surface area (TPSA) is 88.0 Å². The summed E-state index contributed by atoms with van der Waals surface area (Å²) in [5.74, 6) is 0.103. The Morgan fingerprint density at radius 3 is 2.77 bits per heavy atom. The van der Waals surface area contributed by atoms with Crippen molar-refractivity contribution in [1.82, 2.24) is 0 Å². The van der Waals surface area contributed by atoms with E-state index in [1.807, 2.05) is 26.0 Å². The predicted molar refractivity (Wildman–Crippen MR) is 81.2 cm³/mol. The minimum Gasteiger partial charge on any atom is -0.482 e. The molecule has 1 aromatic carbocycles. The fourth-order valence-electron chi connectivity index (χ4n) is 1.75. The van der Waals surface area contributed by atoms with E-state index in [9.17, 15) is 4.79 Å². The summed E-state index contributed by atoms with van der Waals surface area (Å²) in [6.07, 6.45) is 1.70. The van der Waals surface area contributed by atoms with Crippen molar-refractivity contribution < 1.29 is 19.4 Å². The van der Waals surface area contributed by atoms with Crippen LogP contribution in [0.2, 0.25) is 0 Å². The SMILES string of the molecule is Cc1cccc(OCC(=O)ON=C(N)c2cccc[nH+]2)c1C. The van der Waals surface area contributed by atoms with Gasteiger partial charge in [-0.15, -0.1) is 0 Å². The highest BCUT2D eigenvalue weighted by atomic mass is 16.7. The van der Waals surface area contributed by atoms with Crippen LogP contribution in [0.1, 0.15) is 16.8 Å². The fraction of sp³-hybridized carbons (Fsp3) is 0.188. The second-order valence-electron chi connectivity index (χ2n) is 4.70. The third-order valence-corrected chi connectivity index (χ3v) is 3.13. The molecule has 0 fully saturated rings. The number of hydrogen-bond acceptors (Lipinski definition) is 4. The first-order chi connectivity index (χ1) is 10.6. The molecule has 22 heavy (non-hydrogen) atoms. The molecular weight excluding hydrogens is 282 g/mol. The molecule has 0 unspecified atom stereocenters. The van der Waals surface area contributed by atoms with E-state index in [2.05, 4.69) is 10.1 Å². The number of aryl methyl sites for hydroxylation is 1. The highest BCUT2D eigenvalue weighted by molar-refractivity contribution is 5.94. The Morgan fingerprint density at radius 2 is 2.05 bits per heavy atom. The first-order valence-electron chi connectivity index (χ1n) is 6.77. The van der Waals surface area contributed by atoms with Crippen molar-refractivity contribution in [3.05, 3.63) is 59.4 Å². The van der Waals surface area contributed by atoms with Crippen LogP contribution >= 0.6 is 0 Å². The van der Waals surface area contributed by atoms with Crippen LogP contribution in [0.25, 0.3) is 0 Å². The molecule has 0 atom stereocenters. The largest absolute Gasteiger partial charge is 0.482 e. The van der Waals surface area contributed by atoms with Crippen molar-refractivity contribution in [2.24, 2.45) is 10.9 Å². The number of benzene rings is 1. The van der Waals surface area contributed by atoms with Gasteiger partial charge in [0.1, 0.15) is 5.75 Å². The zero-order valence-corrected chi connectivity index (χ0v) is 12.5. The molecule has 2 rings (SSSR count). The lowest BCUT2D eigenvalue weighted by atomic mass is 10.1. The van der Waals surface area contributed by atoms with Crippen molar-refractivity contribution in [3.63, 3.8) is 0 Å². The maximum atomic E-state index is 11.6. The minimum absolute atomic E-state index is 0.0840. The number of ether oxygens (including phenoxy) is 1. The van der Waals surface area contributed by atoms with Gasteiger partial charge in [0.05, 0.1) is 0 Å². The molecular formula is C16H18N3O3+. The number of oxime groups is 1. The first-order valence-corrected chi connectivity index (χ1v) is 6.77. The smallest absolute Gasteiger partial charge is 0.372 e. The van der Waals surface area contributed by atoms with E-state index in [0.717, 1.165) is 11.1 Å². The molecule has 6 nitrogen and oxygen atoms in total. The molecule has 0 aliphatic heterocycles. The molecule has 0 amide bonds. The van der Waals surface area contributed by atoms with Crippen LogP contribution in [-0.4, -0.2) is 18.4 Å². The number of nitrogens with one attached hydrogen (secondary N) is 1. The number of H-pyrrole nitrogens is 1. The van der Waals surface area contributed by atoms with Crippen LogP contribution in [0.4, 0.5) is 0 Å². The van der Waals surface area contributed by atoms with Crippen molar-refractivity contribution in [2.45, 2.75) is 13.8 Å². The van der Waals surface area contributed by atoms with Crippen LogP contribution in [-0.2, 0) is 9.63 Å². The monoisotopic (exact) mass is 300 g/mol. The predicted octanol–water partition coefficient (Wildman–Crippen LogP) is 1.36. The van der Waals surface area contributed by atoms with E-state index >= 15 is 0 Å². The molecule has 0 spiro atoms. The normalized spacial score (nSPS) is 11.1. The summed E-state index contributed by atoms with van der Waals surface area (Å²) < 4.78 is 5.42. The molecule has 0 aliphatic rings. The fourth-order valence-corrected chi connectivity index (χ4v) is 1.75. The second kappa shape index (κ2) is 7.21. The molecule has 1 heterocycles. The summed E-state index contributed by atoms with van der Waals surface area (Å²) in [6, 6.07) is 11.0. The highest BCUT2D eigenvalue weighted by Crippen LogP contribution is 2.20. The van der Waals surface area contributed by atoms with E-state index in [0.29, 0.717) is 11.4 Å². The van der Waals surface area contributed by atoms with Crippen LogP contribution in [0.3, 0.4) is 0 Å². The number of carbonyl (C=O) groups is 1. The van der Waals surface area contributed by atoms with Crippen molar-refractivity contribution in [1.29, 1.82) is 0 Å². The van der Waals surface area contributed by atoms with Crippen molar-refractivity contribution in [2.75, 3.05) is 6.61 Å². The number of nitrogens with zero attached hydrogens (tertiary/aromatic N) is 1. The van der Waals surface area contributed by atoms with E-state index in [4.69, 9.17) is 15.3 Å². The zero-order valence-electron chi connectivity index (χ0n) is 12.5. The number of rotatable bonds is 5. The Balaban J connectivity index is 1.90. The number of aromatic nitrogens is 1. The molecule has 6 heteroatoms. The number of nitrogens with two attached hydrogens (primary N) is 1. The quantitative estimate of drug-likeness (QED) is 0.391. The van der Waals surface area contributed by atoms with Gasteiger partial charge < -0.3 is 15.3 Å². The van der Waals surface area contributed by atoms with E-state index in [1.54, 1.807) is 30.5 Å². The zero-order chi connectivity index (χ0) is 15.9. The summed E-state index contributed by atoms with van der Waals surface area (Å²) in [6.45, 7) is 3.67. The summed E-state index contributed by atoms with van der Waals surface area (Å²) >= 11 is 0. The molecule has 0 aliphatic carbocycles. The standard InChI is InChI=1S/C16H17N3O3/c1-11-6-5-8-14(12(11)2)21-10-15(20)22-19-16(17)13-7-3-4-9-18-13/h3-9H,10H2,1-2H3,(H2,17,19)/p+1. The average Bonchev–Trinajstić information content (AvgIpc) is 2.54. The molecule has 0 radical (unpaired) electrons. The van der Waals surface area contributed by atoms with E-state index in [1.165, 1.54) is 0 Å². The van der Waals surface area contributed by atoms with E-state index < -0.39 is 5.97 Å². The molecule has 0 bridgehead atoms. The Labute approximate surface area is 128 Å². The lowest BCUT2D eigenvalue weighted by Gasteiger charge is -2.09. The molecule has 0 saturated carbocycles. The van der Waals surface area contributed by atoms with Gasteiger partial charge in [-0.1, -0.05) is 17.3 Å². The van der Waals surface area contributed by atoms with Crippen molar-refractivity contribution in [3.8, 4) is 5.75 Å². The maximum absolute atomic E-state index is 11.6. The maximum Gasteiger partial charge on any atom is 0.372 e. The van der Waals surface area contributed by atoms with E-state index in [-0.39, 0.29) is 12.4 Å². The molecule has 3 N–H and O–H groups in total. The Kier molecular flexibility index (Phi) is 5.08. The van der Waals surface area contributed by atoms with Gasteiger partial charge in [-0.25, -0.2) is 9.78 Å². The number of aromatic amines is 1. The number of amidine groups is 1. The molecule has 114 valence electrons. The summed E-state index contributed by atoms with van der Waals surface area (Å²) in [5, 5.41) is 3.58. The summed E-state index contributed by atoms with van der Waals surface area (Å²) in [4.78, 5) is 19.2. The highest BCUT2D eigenvalue weighted by Gasteiger charge is 2.10. The van der Waals surface area contributed by atoms with Gasteiger partial charge in [-0.2, -0.15) is 0 Å². The van der Waals surface area contributed by atoms with Gasteiger partial charge in [0, 0.05) is 12.1 Å². The minimum atomic E-state index is -0.625. The van der Waals surface area contributed by atoms with Gasteiger partial charge in [0.15, 0.2) is 12.8 Å². The Morgan fingerprint density at radius 1 is 1.23 bits per heavy atom. The first kappa shape index (κ1) is 15.5. The van der Waals surface area contributed by atoms with Gasteiger partial charge >= 0.3 is 5.97 Å². The number of hydrogen-bond donors (Lipinski definition) is 1. The summed E-state index contributed by atoms with van der Waals surface area (Å²) in [5.41, 5.74) is 8.33. The summed E-state index contributed by atoms with van der Waals surface area (Å²) in [7, 11) is 0. The molecule has 1 aromatic heterocycles. The average molecular weight is 300 g/mol. The van der Waals surface area contributed by atoms with Gasteiger partial charge in [-0.3, -0.25) is 0 Å². The Bertz CT molecular complexity index is 684. The van der Waals surface area contributed by atoms with Gasteiger partial charge in [0.2, 0.25) is 11.5 Å². The third-order valence-electron chi connectivity index (χ3n) is 3.13. The van der Waals surface area contributed by atoms with Crippen LogP contribution in [0, 0.1) is 13.8 Å². The van der Waals surface area contributed by atoms with Crippen LogP contribution in [0.15, 0.2) is 47.8 Å². The van der Waals surface area contributed by atoms with Crippen LogP contribution in [0.5, 0.6) is 5.75 Å². The molecule has 0 saturated heterocycles. The third kappa shape index (κ3) is 4.05. The van der Waals surface area contributed by atoms with Gasteiger partial charge in [0.25, 0.3) is 0 Å². The number of pyridine rings is 1.